The first kappa shape index (κ1) is 26.8. The summed E-state index contributed by atoms with van der Waals surface area (Å²) in [4.78, 5) is 35.4. The molecule has 7 nitrogen and oxygen atoms in total. The van der Waals surface area contributed by atoms with Crippen LogP contribution in [0.5, 0.6) is 0 Å². The molecule has 196 valence electrons. The van der Waals surface area contributed by atoms with Crippen molar-refractivity contribution in [3.05, 3.63) is 105 Å². The molecule has 1 atom stereocenters. The number of oxime groups is 1. The van der Waals surface area contributed by atoms with Crippen LogP contribution in [-0.4, -0.2) is 31.9 Å². The second kappa shape index (κ2) is 11.9. The van der Waals surface area contributed by atoms with Gasteiger partial charge >= 0.3 is 5.97 Å². The average molecular weight is 512 g/mol. The van der Waals surface area contributed by atoms with Crippen molar-refractivity contribution in [2.75, 3.05) is 0 Å². The lowest BCUT2D eigenvalue weighted by atomic mass is 9.90. The number of benzene rings is 2. The number of unbranched alkanes of at least 4 members (excludes halogenated alkanes) is 1. The molecule has 1 aromatic heterocycles. The normalized spacial score (nSPS) is 17.8. The standard InChI is InChI=1S/C31H33N3O4/c1-4-25-26(19-22(2)27-21-31(3,38-33-27)20-23-13-7-5-8-14-23)32-28(17-11-12-18-29(35)36)34(30(25)37)24-15-9-6-10-16-24/h4-10,13-16,19H,2,11-12,17-18,20-21H2,1,3H3,(H,35,36). The number of aromatic nitrogens is 2. The summed E-state index contributed by atoms with van der Waals surface area (Å²) in [5, 5.41) is 14.3. The fourth-order valence-corrected chi connectivity index (χ4v) is 4.68. The topological polar surface area (TPSA) is 93.8 Å². The minimum Gasteiger partial charge on any atom is -0.481 e. The molecule has 0 radical (unpaired) electrons. The lowest BCUT2D eigenvalue weighted by Crippen LogP contribution is -2.48. The number of aliphatic carboxylic acids is 1. The van der Waals surface area contributed by atoms with Gasteiger partial charge in [0.05, 0.1) is 22.0 Å². The van der Waals surface area contributed by atoms with Crippen LogP contribution in [0.4, 0.5) is 0 Å². The number of aryl methyl sites for hydroxylation is 1. The second-order valence-corrected chi connectivity index (χ2v) is 9.78. The van der Waals surface area contributed by atoms with Gasteiger partial charge in [-0.15, -0.1) is 0 Å². The zero-order chi connectivity index (χ0) is 27.1. The number of para-hydroxylation sites is 1. The quantitative estimate of drug-likeness (QED) is 0.416. The largest absolute Gasteiger partial charge is 0.481 e. The zero-order valence-corrected chi connectivity index (χ0v) is 21.9. The van der Waals surface area contributed by atoms with Crippen LogP contribution >= 0.6 is 0 Å². The van der Waals surface area contributed by atoms with Gasteiger partial charge in [0.25, 0.3) is 5.56 Å². The van der Waals surface area contributed by atoms with E-state index in [1.807, 2.05) is 62.4 Å². The zero-order valence-electron chi connectivity index (χ0n) is 21.9. The summed E-state index contributed by atoms with van der Waals surface area (Å²) in [7, 11) is 0. The van der Waals surface area contributed by atoms with Crippen LogP contribution in [0, 0.1) is 0 Å². The van der Waals surface area contributed by atoms with Crippen LogP contribution in [0.1, 0.15) is 50.9 Å². The molecule has 2 aromatic carbocycles. The molecule has 0 saturated heterocycles. The van der Waals surface area contributed by atoms with Crippen molar-refractivity contribution in [2.24, 2.45) is 5.16 Å². The van der Waals surface area contributed by atoms with Gasteiger partial charge in [0.1, 0.15) is 11.4 Å². The van der Waals surface area contributed by atoms with E-state index in [4.69, 9.17) is 14.9 Å². The molecule has 1 unspecified atom stereocenters. The SMILES string of the molecule is C=C(C=c1nc(CCCCC(=O)O)n(-c2ccccc2)c(=O)c1=CC)C1=NOC(C)(Cc2ccccc2)C1. The molecule has 1 aliphatic rings. The highest BCUT2D eigenvalue weighted by atomic mass is 16.7. The number of hydrogen-bond donors (Lipinski definition) is 1. The summed E-state index contributed by atoms with van der Waals surface area (Å²) in [5.41, 5.74) is 2.60. The predicted octanol–water partition coefficient (Wildman–Crippen LogP) is 3.94. The van der Waals surface area contributed by atoms with Crippen LogP contribution in [0.25, 0.3) is 17.8 Å². The van der Waals surface area contributed by atoms with Crippen molar-refractivity contribution in [3.8, 4) is 5.69 Å². The molecule has 0 amide bonds. The number of carboxylic acids is 1. The monoisotopic (exact) mass is 511 g/mol. The lowest BCUT2D eigenvalue weighted by molar-refractivity contribution is -0.137. The fourth-order valence-electron chi connectivity index (χ4n) is 4.68. The Morgan fingerprint density at radius 2 is 1.82 bits per heavy atom. The summed E-state index contributed by atoms with van der Waals surface area (Å²) >= 11 is 0. The number of carboxylic acid groups (broad SMARTS) is 1. The van der Waals surface area contributed by atoms with Crippen molar-refractivity contribution < 1.29 is 14.7 Å². The predicted molar refractivity (Wildman–Crippen MR) is 150 cm³/mol. The molecule has 38 heavy (non-hydrogen) atoms. The van der Waals surface area contributed by atoms with Crippen molar-refractivity contribution in [3.63, 3.8) is 0 Å². The van der Waals surface area contributed by atoms with E-state index in [1.54, 1.807) is 16.7 Å². The molecule has 0 aliphatic carbocycles. The third-order valence-electron chi connectivity index (χ3n) is 6.58. The van der Waals surface area contributed by atoms with E-state index in [9.17, 15) is 9.59 Å². The molecule has 0 fully saturated rings. The van der Waals surface area contributed by atoms with E-state index < -0.39 is 11.6 Å². The van der Waals surface area contributed by atoms with E-state index in [1.165, 1.54) is 5.56 Å². The Kier molecular flexibility index (Phi) is 8.36. The van der Waals surface area contributed by atoms with E-state index in [2.05, 4.69) is 23.9 Å². The molecule has 0 spiro atoms. The minimum atomic E-state index is -0.835. The Labute approximate surface area is 222 Å². The van der Waals surface area contributed by atoms with Gasteiger partial charge in [-0.05, 0) is 56.0 Å². The maximum atomic E-state index is 13.7. The fraction of sp³-hybridized carbons (Fsp3) is 0.290. The van der Waals surface area contributed by atoms with Crippen molar-refractivity contribution in [2.45, 2.75) is 58.0 Å². The van der Waals surface area contributed by atoms with Gasteiger partial charge in [-0.25, -0.2) is 4.98 Å². The molecule has 0 saturated carbocycles. The molecule has 1 aliphatic heterocycles. The van der Waals surface area contributed by atoms with Gasteiger partial charge in [0.15, 0.2) is 0 Å². The van der Waals surface area contributed by atoms with Crippen molar-refractivity contribution in [1.82, 2.24) is 9.55 Å². The minimum absolute atomic E-state index is 0.0771. The van der Waals surface area contributed by atoms with Crippen LogP contribution in [-0.2, 0) is 22.5 Å². The maximum Gasteiger partial charge on any atom is 0.303 e. The van der Waals surface area contributed by atoms with Gasteiger partial charge in [-0.1, -0.05) is 66.3 Å². The number of hydrogen-bond acceptors (Lipinski definition) is 5. The van der Waals surface area contributed by atoms with Crippen LogP contribution in [0.15, 0.2) is 82.8 Å². The van der Waals surface area contributed by atoms with E-state index in [-0.39, 0.29) is 12.0 Å². The average Bonchev–Trinajstić information content (AvgIpc) is 3.29. The van der Waals surface area contributed by atoms with Crippen molar-refractivity contribution in [1.29, 1.82) is 0 Å². The second-order valence-electron chi connectivity index (χ2n) is 9.78. The van der Waals surface area contributed by atoms with Gasteiger partial charge in [-0.3, -0.25) is 14.2 Å². The summed E-state index contributed by atoms with van der Waals surface area (Å²) < 4.78 is 1.61. The molecule has 7 heteroatoms. The first-order chi connectivity index (χ1) is 18.3. The third kappa shape index (κ3) is 6.35. The third-order valence-corrected chi connectivity index (χ3v) is 6.58. The molecule has 0 bridgehead atoms. The lowest BCUT2D eigenvalue weighted by Gasteiger charge is -2.21. The maximum absolute atomic E-state index is 13.7. The number of carbonyl (C=O) groups is 1. The highest BCUT2D eigenvalue weighted by Crippen LogP contribution is 2.29. The van der Waals surface area contributed by atoms with Gasteiger partial charge in [-0.2, -0.15) is 0 Å². The number of allylic oxidation sites excluding steroid dienone is 1. The Balaban J connectivity index is 1.67. The van der Waals surface area contributed by atoms with E-state index >= 15 is 0 Å². The Bertz CT molecular complexity index is 1530. The molecule has 3 aromatic rings. The Morgan fingerprint density at radius 1 is 1.13 bits per heavy atom. The van der Waals surface area contributed by atoms with Gasteiger partial charge in [0, 0.05) is 25.7 Å². The highest BCUT2D eigenvalue weighted by Gasteiger charge is 2.35. The van der Waals surface area contributed by atoms with Crippen LogP contribution in [0.3, 0.4) is 0 Å². The van der Waals surface area contributed by atoms with Crippen LogP contribution in [0.2, 0.25) is 0 Å². The molecule has 4 rings (SSSR count). The first-order valence-corrected chi connectivity index (χ1v) is 12.8. The van der Waals surface area contributed by atoms with E-state index in [0.29, 0.717) is 54.1 Å². The van der Waals surface area contributed by atoms with Crippen molar-refractivity contribution >= 4 is 23.8 Å². The summed E-state index contributed by atoms with van der Waals surface area (Å²) in [6.45, 7) is 8.06. The van der Waals surface area contributed by atoms with Gasteiger partial charge in [0.2, 0.25) is 0 Å². The summed E-state index contributed by atoms with van der Waals surface area (Å²) in [6.07, 6.45) is 6.50. The molecular weight excluding hydrogens is 478 g/mol. The molecule has 2 heterocycles. The van der Waals surface area contributed by atoms with Gasteiger partial charge < -0.3 is 9.94 Å². The van der Waals surface area contributed by atoms with Crippen LogP contribution < -0.4 is 16.1 Å². The number of nitrogens with zero attached hydrogens (tertiary/aromatic N) is 3. The van der Waals surface area contributed by atoms with E-state index in [0.717, 1.165) is 11.4 Å². The Morgan fingerprint density at radius 3 is 2.47 bits per heavy atom. The molecule has 1 N–H and O–H groups in total. The first-order valence-electron chi connectivity index (χ1n) is 12.8. The molecular formula is C31H33N3O4. The number of rotatable bonds is 10. The summed E-state index contributed by atoms with van der Waals surface area (Å²) in [6, 6.07) is 19.5. The Hall–Kier alpha value is -4.26. The highest BCUT2D eigenvalue weighted by molar-refractivity contribution is 6.07. The smallest absolute Gasteiger partial charge is 0.303 e. The summed E-state index contributed by atoms with van der Waals surface area (Å²) in [5.74, 6) is -0.256.